The predicted molar refractivity (Wildman–Crippen MR) is 237 cm³/mol. The van der Waals surface area contributed by atoms with Crippen LogP contribution < -0.4 is 10.6 Å². The van der Waals surface area contributed by atoms with Crippen molar-refractivity contribution in [1.82, 2.24) is 10.6 Å². The van der Waals surface area contributed by atoms with Crippen LogP contribution in [0.3, 0.4) is 0 Å². The Kier molecular flexibility index (Phi) is 24.6. The fourth-order valence-corrected chi connectivity index (χ4v) is 12.1. The number of rotatable bonds is 13. The summed E-state index contributed by atoms with van der Waals surface area (Å²) in [6, 6.07) is 6.53. The maximum absolute atomic E-state index is 11.9. The van der Waals surface area contributed by atoms with Crippen molar-refractivity contribution in [2.24, 2.45) is 11.8 Å². The number of carbonyl (C=O) groups is 5. The zero-order valence-corrected chi connectivity index (χ0v) is 39.8. The number of esters is 1. The first-order valence-electron chi connectivity index (χ1n) is 20.0. The molecule has 1 aromatic carbocycles. The van der Waals surface area contributed by atoms with Crippen LogP contribution in [0, 0.1) is 15.4 Å². The Balaban J connectivity index is 0.000000415. The van der Waals surface area contributed by atoms with Crippen LogP contribution in [0.5, 0.6) is 0 Å². The second-order valence-electron chi connectivity index (χ2n) is 16.3. The van der Waals surface area contributed by atoms with Gasteiger partial charge in [0.05, 0.1) is 6.61 Å². The third kappa shape index (κ3) is 21.7. The first-order valence-corrected chi connectivity index (χ1v) is 25.9. The van der Waals surface area contributed by atoms with Gasteiger partial charge in [-0.3, -0.25) is 4.79 Å². The number of alkyl carbamates (subject to hydrolysis) is 2. The zero-order valence-electron chi connectivity index (χ0n) is 36.0. The van der Waals surface area contributed by atoms with Gasteiger partial charge in [0.25, 0.3) is 0 Å². The molecule has 1 aromatic rings. The molecule has 17 heteroatoms. The summed E-state index contributed by atoms with van der Waals surface area (Å²) in [6.45, 7) is 19.5. The summed E-state index contributed by atoms with van der Waals surface area (Å²) in [4.78, 5) is 54.9. The number of aliphatic hydroxyl groups excluding tert-OH is 1. The van der Waals surface area contributed by atoms with Crippen molar-refractivity contribution in [3.63, 3.8) is 0 Å². The summed E-state index contributed by atoms with van der Waals surface area (Å²) in [5, 5.41) is 15.8. The topological polar surface area (TPSA) is 204 Å². The van der Waals surface area contributed by atoms with E-state index in [-0.39, 0.29) is 46.0 Å². The first kappa shape index (κ1) is 53.5. The third-order valence-corrected chi connectivity index (χ3v) is 15.4. The first-order chi connectivity index (χ1) is 27.0. The minimum atomic E-state index is -4.54. The number of halogens is 1. The summed E-state index contributed by atoms with van der Waals surface area (Å²) in [5.41, 5.74) is -0.694. The van der Waals surface area contributed by atoms with Crippen LogP contribution in [0.4, 0.5) is 9.59 Å². The second kappa shape index (κ2) is 26.7. The van der Waals surface area contributed by atoms with E-state index in [1.165, 1.54) is 19.1 Å². The number of nitrogens with one attached hydrogen (secondary N) is 2. The summed E-state index contributed by atoms with van der Waals surface area (Å²) in [7, 11) is 0. The molecule has 4 N–H and O–H groups in total. The van der Waals surface area contributed by atoms with Crippen LogP contribution in [0.1, 0.15) is 131 Å². The van der Waals surface area contributed by atoms with Crippen LogP contribution in [-0.4, -0.2) is 97.5 Å². The standard InChI is InChI=1S/C15H29NO3S.C15H27NO3S.C7H5IO4.C4H8O2/c2*1-11-10-20-12(8-6-5-7-9-17)13(11)16-14(18)19-15(2,3)4;9-7-5-3-1-2-4-6(5)8(10,11)12-7;1-3-6-4(2)5/h11-13,17H,5-10H2,1-4H3,(H,16,18);9,11-13H,5-8,10H2,1-4H3,(H,16,18);1-4H,(H,10,11);3H2,1-2H3/t2*11-,12-,13-;;/m00../s1. The second-order valence-corrected chi connectivity index (χ2v) is 22.9. The van der Waals surface area contributed by atoms with Gasteiger partial charge >= 0.3 is 91.1 Å². The zero-order chi connectivity index (χ0) is 44.1. The van der Waals surface area contributed by atoms with Gasteiger partial charge in [-0.25, -0.2) is 9.59 Å². The van der Waals surface area contributed by atoms with Gasteiger partial charge in [0, 0.05) is 42.5 Å². The number of carbonyl (C=O) groups excluding carboxylic acids is 5. The molecule has 334 valence electrons. The summed E-state index contributed by atoms with van der Waals surface area (Å²) in [5.74, 6) is 2.19. The van der Waals surface area contributed by atoms with Gasteiger partial charge in [-0.15, -0.1) is 0 Å². The molecule has 2 saturated heterocycles. The van der Waals surface area contributed by atoms with Crippen molar-refractivity contribution in [1.29, 1.82) is 0 Å². The van der Waals surface area contributed by atoms with Crippen LogP contribution >= 0.6 is 42.8 Å². The Morgan fingerprint density at radius 2 is 1.34 bits per heavy atom. The molecular formula is C41H69IN2O12S2. The molecule has 3 heterocycles. The van der Waals surface area contributed by atoms with Crippen LogP contribution in [0.2, 0.25) is 0 Å². The number of unbranched alkanes of at least 4 members (excludes halogenated alkanes) is 4. The quantitative estimate of drug-likeness (QED) is 0.0482. The van der Waals surface area contributed by atoms with E-state index in [9.17, 15) is 30.5 Å². The molecule has 0 radical (unpaired) electrons. The molecule has 0 saturated carbocycles. The van der Waals surface area contributed by atoms with E-state index < -0.39 is 36.4 Å². The van der Waals surface area contributed by atoms with E-state index in [1.807, 2.05) is 65.1 Å². The average molecular weight is 973 g/mol. The van der Waals surface area contributed by atoms with Crippen molar-refractivity contribution < 1.29 is 52.9 Å². The molecular weight excluding hydrogens is 903 g/mol. The number of amides is 2. The Morgan fingerprint density at radius 3 is 1.74 bits per heavy atom. The van der Waals surface area contributed by atoms with Crippen molar-refractivity contribution in [3.8, 4) is 0 Å². The number of aliphatic hydroxyl groups is 1. The Bertz CT molecular complexity index is 1490. The molecule has 7 atom stereocenters. The van der Waals surface area contributed by atoms with Gasteiger partial charge in [0.15, 0.2) is 0 Å². The van der Waals surface area contributed by atoms with Crippen molar-refractivity contribution in [2.75, 3.05) is 24.7 Å². The molecule has 58 heavy (non-hydrogen) atoms. The van der Waals surface area contributed by atoms with Crippen LogP contribution in [0.25, 0.3) is 0 Å². The molecule has 14 nitrogen and oxygen atoms in total. The fraction of sp³-hybridized carbons (Fsp3) is 0.732. The molecule has 3 aliphatic rings. The molecule has 0 aliphatic carbocycles. The average Bonchev–Trinajstić information content (AvgIpc) is 3.71. The molecule has 0 aromatic heterocycles. The van der Waals surface area contributed by atoms with E-state index in [1.54, 1.807) is 19.1 Å². The van der Waals surface area contributed by atoms with E-state index in [0.29, 0.717) is 35.4 Å². The van der Waals surface area contributed by atoms with E-state index in [4.69, 9.17) is 14.6 Å². The van der Waals surface area contributed by atoms with Gasteiger partial charge < -0.3 is 34.7 Å². The summed E-state index contributed by atoms with van der Waals surface area (Å²) >= 11 is -0.683. The van der Waals surface area contributed by atoms with Crippen molar-refractivity contribution in [3.05, 3.63) is 33.4 Å². The van der Waals surface area contributed by atoms with Crippen molar-refractivity contribution in [2.45, 2.75) is 154 Å². The van der Waals surface area contributed by atoms with Gasteiger partial charge in [-0.05, 0) is 97.5 Å². The maximum atomic E-state index is 11.9. The van der Waals surface area contributed by atoms with E-state index in [0.717, 1.165) is 62.7 Å². The molecule has 2 fully saturated rings. The number of hydrogen-bond acceptors (Lipinski definition) is 13. The monoisotopic (exact) mass is 972 g/mol. The van der Waals surface area contributed by atoms with Crippen LogP contribution in [0.15, 0.2) is 24.3 Å². The molecule has 4 rings (SSSR count). The number of hydrogen-bond donors (Lipinski definition) is 4. The SMILES string of the molecule is CCOC(C)=O.C[C@H]1CS[C@@H](CCCCC=O)[C@H]1NC(=O)OC(C)(C)C.C[C@H]1CS[C@@H](CCCCCO)[C@H]1NC(=O)OC(C)(C)C.O=C1OI(=O)(O)c2ccccc21. The number of fused-ring (bicyclic) bond motifs is 1. The normalized spacial score (nSPS) is 25.6. The number of benzene rings is 1. The molecule has 0 spiro atoms. The molecule has 2 amide bonds. The van der Waals surface area contributed by atoms with E-state index in [2.05, 4.69) is 32.3 Å². The molecule has 1 unspecified atom stereocenters. The van der Waals surface area contributed by atoms with Gasteiger partial charge in [0.2, 0.25) is 0 Å². The number of ether oxygens (including phenoxy) is 3. The minimum absolute atomic E-state index is 0.161. The Morgan fingerprint density at radius 1 is 0.862 bits per heavy atom. The third-order valence-electron chi connectivity index (χ3n) is 8.62. The van der Waals surface area contributed by atoms with E-state index >= 15 is 0 Å². The predicted octanol–water partition coefficient (Wildman–Crippen LogP) is 8.38. The van der Waals surface area contributed by atoms with Gasteiger partial charge in [-0.2, -0.15) is 23.5 Å². The van der Waals surface area contributed by atoms with Crippen molar-refractivity contribution >= 4 is 73.2 Å². The van der Waals surface area contributed by atoms with Gasteiger partial charge in [0.1, 0.15) is 17.5 Å². The fourth-order valence-electron chi connectivity index (χ4n) is 6.01. The van der Waals surface area contributed by atoms with Gasteiger partial charge in [-0.1, -0.05) is 33.1 Å². The molecule has 0 bridgehead atoms. The van der Waals surface area contributed by atoms with Crippen LogP contribution in [-0.2, 0) is 29.9 Å². The number of thioether (sulfide) groups is 2. The summed E-state index contributed by atoms with van der Waals surface area (Å²) in [6.07, 6.45) is 8.13. The molecule has 3 aliphatic heterocycles. The Hall–Kier alpha value is -2.48. The summed E-state index contributed by atoms with van der Waals surface area (Å²) < 4.78 is 40.0. The Labute approximate surface area is 359 Å². The number of aldehydes is 1.